The van der Waals surface area contributed by atoms with Crippen LogP contribution in [0.1, 0.15) is 5.56 Å². The molecule has 0 radical (unpaired) electrons. The van der Waals surface area contributed by atoms with Crippen LogP contribution in [0.5, 0.6) is 5.75 Å². The smallest absolute Gasteiger partial charge is 0.295 e. The minimum atomic E-state index is -3.20. The summed E-state index contributed by atoms with van der Waals surface area (Å²) in [6, 6.07) is 6.47. The normalized spacial score (nSPS) is 11.1. The lowest BCUT2D eigenvalue weighted by atomic mass is 10.2. The molecule has 8 heteroatoms. The fourth-order valence-corrected chi connectivity index (χ4v) is 2.37. The zero-order valence-corrected chi connectivity index (χ0v) is 12.4. The zero-order chi connectivity index (χ0) is 15.5. The molecule has 0 saturated carbocycles. The number of nitrogens with zero attached hydrogens (tertiary/aromatic N) is 1. The standard InChI is InChI=1S/C13H15N3O4S/c1-20-11-12(15-8-16-13(11)17)14-7-9-3-5-10(6-4-9)21(2,18)19/h3-6,8H,7H2,1-2H3,(H2,14,15,16,17). The van der Waals surface area contributed by atoms with E-state index in [4.69, 9.17) is 4.74 Å². The van der Waals surface area contributed by atoms with Crippen LogP contribution >= 0.6 is 0 Å². The van der Waals surface area contributed by atoms with Crippen LogP contribution in [-0.4, -0.2) is 31.8 Å². The number of aromatic nitrogens is 2. The summed E-state index contributed by atoms with van der Waals surface area (Å²) in [5.41, 5.74) is 0.481. The lowest BCUT2D eigenvalue weighted by Gasteiger charge is -2.09. The Bertz CT molecular complexity index is 782. The van der Waals surface area contributed by atoms with Crippen molar-refractivity contribution in [2.24, 2.45) is 0 Å². The maximum absolute atomic E-state index is 11.5. The lowest BCUT2D eigenvalue weighted by Crippen LogP contribution is -2.14. The third kappa shape index (κ3) is 3.60. The minimum Gasteiger partial charge on any atom is -0.489 e. The largest absolute Gasteiger partial charge is 0.489 e. The summed E-state index contributed by atoms with van der Waals surface area (Å²) in [4.78, 5) is 18.2. The molecule has 0 aliphatic heterocycles. The second-order valence-electron chi connectivity index (χ2n) is 4.38. The van der Waals surface area contributed by atoms with Gasteiger partial charge in [0.25, 0.3) is 5.56 Å². The summed E-state index contributed by atoms with van der Waals surface area (Å²) in [5, 5.41) is 2.97. The van der Waals surface area contributed by atoms with Crippen LogP contribution in [0.15, 0.2) is 40.3 Å². The molecule has 0 fully saturated rings. The Morgan fingerprint density at radius 2 is 1.95 bits per heavy atom. The first-order valence-electron chi connectivity index (χ1n) is 6.06. The molecule has 0 unspecified atom stereocenters. The first-order chi connectivity index (χ1) is 9.91. The van der Waals surface area contributed by atoms with Gasteiger partial charge in [-0.05, 0) is 17.7 Å². The Morgan fingerprint density at radius 1 is 1.29 bits per heavy atom. The maximum Gasteiger partial charge on any atom is 0.295 e. The van der Waals surface area contributed by atoms with E-state index in [1.165, 1.54) is 25.6 Å². The number of aromatic amines is 1. The Morgan fingerprint density at radius 3 is 2.52 bits per heavy atom. The molecule has 1 aromatic carbocycles. The molecule has 0 saturated heterocycles. The van der Waals surface area contributed by atoms with Gasteiger partial charge in [-0.25, -0.2) is 13.4 Å². The molecule has 0 atom stereocenters. The molecule has 2 aromatic rings. The number of sulfone groups is 1. The molecule has 1 heterocycles. The van der Waals surface area contributed by atoms with E-state index in [1.54, 1.807) is 12.1 Å². The highest BCUT2D eigenvalue weighted by Crippen LogP contribution is 2.16. The molecule has 1 aromatic heterocycles. The Balaban J connectivity index is 2.14. The number of H-pyrrole nitrogens is 1. The lowest BCUT2D eigenvalue weighted by molar-refractivity contribution is 0.408. The van der Waals surface area contributed by atoms with E-state index in [9.17, 15) is 13.2 Å². The van der Waals surface area contributed by atoms with Gasteiger partial charge in [-0.1, -0.05) is 12.1 Å². The molecular formula is C13H15N3O4S. The van der Waals surface area contributed by atoms with Crippen LogP contribution in [-0.2, 0) is 16.4 Å². The fourth-order valence-electron chi connectivity index (χ4n) is 1.74. The molecule has 2 rings (SSSR count). The van der Waals surface area contributed by atoms with Gasteiger partial charge in [0.1, 0.15) is 0 Å². The highest BCUT2D eigenvalue weighted by molar-refractivity contribution is 7.90. The van der Waals surface area contributed by atoms with Crippen molar-refractivity contribution in [3.8, 4) is 5.75 Å². The average molecular weight is 309 g/mol. The second kappa shape index (κ2) is 5.96. The zero-order valence-electron chi connectivity index (χ0n) is 11.6. The quantitative estimate of drug-likeness (QED) is 0.847. The van der Waals surface area contributed by atoms with Gasteiger partial charge in [0, 0.05) is 12.8 Å². The molecule has 0 amide bonds. The van der Waals surface area contributed by atoms with Crippen LogP contribution in [0.25, 0.3) is 0 Å². The summed E-state index contributed by atoms with van der Waals surface area (Å²) in [7, 11) is -1.81. The van der Waals surface area contributed by atoms with Gasteiger partial charge >= 0.3 is 0 Å². The van der Waals surface area contributed by atoms with Crippen molar-refractivity contribution >= 4 is 15.7 Å². The summed E-state index contributed by atoms with van der Waals surface area (Å²) in [5.74, 6) is 0.429. The van der Waals surface area contributed by atoms with Gasteiger partial charge in [0.2, 0.25) is 5.75 Å². The van der Waals surface area contributed by atoms with E-state index in [2.05, 4.69) is 15.3 Å². The van der Waals surface area contributed by atoms with Crippen molar-refractivity contribution in [1.29, 1.82) is 0 Å². The van der Waals surface area contributed by atoms with Gasteiger partial charge in [-0.2, -0.15) is 0 Å². The van der Waals surface area contributed by atoms with Gasteiger partial charge < -0.3 is 15.0 Å². The van der Waals surface area contributed by atoms with Crippen molar-refractivity contribution in [2.45, 2.75) is 11.4 Å². The van der Waals surface area contributed by atoms with Crippen molar-refractivity contribution in [1.82, 2.24) is 9.97 Å². The molecule has 0 bridgehead atoms. The number of methoxy groups -OCH3 is 1. The molecule has 112 valence electrons. The maximum atomic E-state index is 11.5. The third-order valence-corrected chi connectivity index (χ3v) is 3.95. The summed E-state index contributed by atoms with van der Waals surface area (Å²) in [6.07, 6.45) is 2.44. The number of hydrogen-bond acceptors (Lipinski definition) is 6. The average Bonchev–Trinajstić information content (AvgIpc) is 2.44. The third-order valence-electron chi connectivity index (χ3n) is 2.83. The molecule has 2 N–H and O–H groups in total. The van der Waals surface area contributed by atoms with Crippen molar-refractivity contribution < 1.29 is 13.2 Å². The van der Waals surface area contributed by atoms with E-state index in [0.29, 0.717) is 12.4 Å². The number of nitrogens with one attached hydrogen (secondary N) is 2. The summed E-state index contributed by atoms with van der Waals surface area (Å²) < 4.78 is 27.7. The topological polar surface area (TPSA) is 101 Å². The molecule has 0 aliphatic carbocycles. The van der Waals surface area contributed by atoms with E-state index >= 15 is 0 Å². The van der Waals surface area contributed by atoms with Gasteiger partial charge in [0.05, 0.1) is 18.3 Å². The minimum absolute atomic E-state index is 0.102. The fraction of sp³-hybridized carbons (Fsp3) is 0.231. The number of ether oxygens (including phenoxy) is 1. The SMILES string of the molecule is COc1c(NCc2ccc(S(C)(=O)=O)cc2)nc[nH]c1=O. The first kappa shape index (κ1) is 15.0. The van der Waals surface area contributed by atoms with Crippen molar-refractivity contribution in [3.63, 3.8) is 0 Å². The molecule has 21 heavy (non-hydrogen) atoms. The van der Waals surface area contributed by atoms with Gasteiger partial charge in [-0.3, -0.25) is 4.79 Å². The molecule has 0 spiro atoms. The van der Waals surface area contributed by atoms with E-state index in [1.807, 2.05) is 0 Å². The highest BCUT2D eigenvalue weighted by atomic mass is 32.2. The monoisotopic (exact) mass is 309 g/mol. The number of benzene rings is 1. The highest BCUT2D eigenvalue weighted by Gasteiger charge is 2.09. The van der Waals surface area contributed by atoms with Crippen LogP contribution in [0.2, 0.25) is 0 Å². The van der Waals surface area contributed by atoms with Crippen molar-refractivity contribution in [2.75, 3.05) is 18.7 Å². The second-order valence-corrected chi connectivity index (χ2v) is 6.40. The Labute approximate surface area is 121 Å². The number of rotatable bonds is 5. The Hall–Kier alpha value is -2.35. The van der Waals surface area contributed by atoms with Crippen molar-refractivity contribution in [3.05, 3.63) is 46.5 Å². The van der Waals surface area contributed by atoms with Crippen LogP contribution in [0.4, 0.5) is 5.82 Å². The predicted octanol–water partition coefficient (Wildman–Crippen LogP) is 0.794. The van der Waals surface area contributed by atoms with Gasteiger partial charge in [-0.15, -0.1) is 0 Å². The van der Waals surface area contributed by atoms with E-state index in [0.717, 1.165) is 11.8 Å². The number of hydrogen-bond donors (Lipinski definition) is 2. The first-order valence-corrected chi connectivity index (χ1v) is 7.95. The molecule has 0 aliphatic rings. The predicted molar refractivity (Wildman–Crippen MR) is 78.3 cm³/mol. The molecular weight excluding hydrogens is 294 g/mol. The Kier molecular flexibility index (Phi) is 4.27. The molecule has 7 nitrogen and oxygen atoms in total. The summed E-state index contributed by atoms with van der Waals surface area (Å²) in [6.45, 7) is 0.386. The summed E-state index contributed by atoms with van der Waals surface area (Å²) >= 11 is 0. The van der Waals surface area contributed by atoms with Gasteiger partial charge in [0.15, 0.2) is 15.7 Å². The van der Waals surface area contributed by atoms with Crippen LogP contribution < -0.4 is 15.6 Å². The number of anilines is 1. The van der Waals surface area contributed by atoms with E-state index in [-0.39, 0.29) is 16.2 Å². The van der Waals surface area contributed by atoms with E-state index < -0.39 is 9.84 Å². The van der Waals surface area contributed by atoms with Crippen LogP contribution in [0.3, 0.4) is 0 Å². The van der Waals surface area contributed by atoms with Crippen LogP contribution in [0, 0.1) is 0 Å².